The van der Waals surface area contributed by atoms with E-state index in [1.54, 1.807) is 7.11 Å². The third kappa shape index (κ3) is 1.67. The van der Waals surface area contributed by atoms with Crippen LogP contribution in [0.4, 0.5) is 0 Å². The third-order valence-electron chi connectivity index (χ3n) is 1.54. The zero-order valence-corrected chi connectivity index (χ0v) is 6.13. The van der Waals surface area contributed by atoms with Gasteiger partial charge in [-0.25, -0.2) is 4.84 Å². The summed E-state index contributed by atoms with van der Waals surface area (Å²) in [6, 6.07) is 0. The SMILES string of the molecule is CO[NH+]1C=CC=C(CN)C1. The summed E-state index contributed by atoms with van der Waals surface area (Å²) in [5, 5.41) is 0.989. The van der Waals surface area contributed by atoms with Crippen molar-refractivity contribution in [3.8, 4) is 0 Å². The lowest BCUT2D eigenvalue weighted by molar-refractivity contribution is -1.04. The fourth-order valence-electron chi connectivity index (χ4n) is 0.914. The van der Waals surface area contributed by atoms with Crippen molar-refractivity contribution < 1.29 is 9.90 Å². The van der Waals surface area contributed by atoms with E-state index in [1.165, 1.54) is 5.57 Å². The van der Waals surface area contributed by atoms with Gasteiger partial charge in [-0.15, -0.1) is 0 Å². The molecule has 0 aromatic rings. The van der Waals surface area contributed by atoms with E-state index in [2.05, 4.69) is 0 Å². The van der Waals surface area contributed by atoms with E-state index < -0.39 is 0 Å². The fraction of sp³-hybridized carbons (Fsp3) is 0.429. The van der Waals surface area contributed by atoms with E-state index in [-0.39, 0.29) is 0 Å². The van der Waals surface area contributed by atoms with Crippen LogP contribution in [0.5, 0.6) is 0 Å². The van der Waals surface area contributed by atoms with Gasteiger partial charge in [0.05, 0.1) is 7.11 Å². The van der Waals surface area contributed by atoms with Crippen LogP contribution in [0.25, 0.3) is 0 Å². The summed E-state index contributed by atoms with van der Waals surface area (Å²) in [4.78, 5) is 5.06. The fourth-order valence-corrected chi connectivity index (χ4v) is 0.914. The van der Waals surface area contributed by atoms with Gasteiger partial charge < -0.3 is 5.73 Å². The number of hydrogen-bond acceptors (Lipinski definition) is 2. The van der Waals surface area contributed by atoms with Crippen LogP contribution < -0.4 is 10.8 Å². The van der Waals surface area contributed by atoms with Crippen molar-refractivity contribution in [1.82, 2.24) is 0 Å². The van der Waals surface area contributed by atoms with Crippen molar-refractivity contribution in [3.63, 3.8) is 0 Å². The number of nitrogens with one attached hydrogen (secondary N) is 1. The molecular formula is C7H13N2O+. The van der Waals surface area contributed by atoms with Crippen LogP contribution in [0.3, 0.4) is 0 Å². The summed E-state index contributed by atoms with van der Waals surface area (Å²) < 4.78 is 0. The summed E-state index contributed by atoms with van der Waals surface area (Å²) in [6.45, 7) is 1.49. The molecule has 1 heterocycles. The van der Waals surface area contributed by atoms with Gasteiger partial charge >= 0.3 is 0 Å². The van der Waals surface area contributed by atoms with Gasteiger partial charge in [0.2, 0.25) is 0 Å². The van der Waals surface area contributed by atoms with Crippen LogP contribution in [-0.2, 0) is 4.84 Å². The highest BCUT2D eigenvalue weighted by Crippen LogP contribution is 1.90. The minimum Gasteiger partial charge on any atom is -0.327 e. The molecule has 0 aromatic heterocycles. The van der Waals surface area contributed by atoms with Crippen molar-refractivity contribution in [2.75, 3.05) is 20.2 Å². The maximum atomic E-state index is 5.45. The molecule has 0 amide bonds. The van der Waals surface area contributed by atoms with Gasteiger partial charge in [-0.3, -0.25) is 0 Å². The van der Waals surface area contributed by atoms with Crippen LogP contribution in [0.15, 0.2) is 23.9 Å². The molecule has 10 heavy (non-hydrogen) atoms. The zero-order valence-electron chi connectivity index (χ0n) is 6.13. The van der Waals surface area contributed by atoms with Crippen LogP contribution in [0.1, 0.15) is 0 Å². The Balaban J connectivity index is 2.50. The summed E-state index contributed by atoms with van der Waals surface area (Å²) in [7, 11) is 1.68. The van der Waals surface area contributed by atoms with Crippen LogP contribution in [-0.4, -0.2) is 20.2 Å². The molecule has 0 radical (unpaired) electrons. The maximum absolute atomic E-state index is 5.45. The molecule has 3 heteroatoms. The average Bonchev–Trinajstić information content (AvgIpc) is 2.05. The molecule has 3 N–H and O–H groups in total. The van der Waals surface area contributed by atoms with Gasteiger partial charge in [0.25, 0.3) is 0 Å². The zero-order chi connectivity index (χ0) is 7.40. The molecule has 0 fully saturated rings. The lowest BCUT2D eigenvalue weighted by Gasteiger charge is -2.14. The predicted molar refractivity (Wildman–Crippen MR) is 39.1 cm³/mol. The first-order chi connectivity index (χ1) is 4.86. The van der Waals surface area contributed by atoms with E-state index in [9.17, 15) is 0 Å². The molecule has 0 saturated heterocycles. The Morgan fingerprint density at radius 2 is 2.60 bits per heavy atom. The second-order valence-electron chi connectivity index (χ2n) is 2.24. The Morgan fingerprint density at radius 1 is 1.80 bits per heavy atom. The van der Waals surface area contributed by atoms with Gasteiger partial charge in [-0.2, -0.15) is 5.06 Å². The Kier molecular flexibility index (Phi) is 2.62. The number of nitrogens with two attached hydrogens (primary N) is 1. The largest absolute Gasteiger partial charge is 0.327 e. The quantitative estimate of drug-likeness (QED) is 0.509. The summed E-state index contributed by atoms with van der Waals surface area (Å²) >= 11 is 0. The number of rotatable bonds is 2. The normalized spacial score (nSPS) is 24.6. The Hall–Kier alpha value is -0.640. The molecule has 1 rings (SSSR count). The van der Waals surface area contributed by atoms with Crippen molar-refractivity contribution in [2.45, 2.75) is 0 Å². The van der Waals surface area contributed by atoms with Crippen LogP contribution in [0, 0.1) is 0 Å². The molecule has 3 nitrogen and oxygen atoms in total. The summed E-state index contributed by atoms with van der Waals surface area (Å²) in [5.41, 5.74) is 6.67. The highest BCUT2D eigenvalue weighted by molar-refractivity contribution is 5.14. The molecule has 0 saturated carbocycles. The number of hydrogen-bond donors (Lipinski definition) is 2. The number of allylic oxidation sites excluding steroid dienone is 2. The lowest BCUT2D eigenvalue weighted by atomic mass is 10.2. The molecule has 0 spiro atoms. The first kappa shape index (κ1) is 7.47. The first-order valence-corrected chi connectivity index (χ1v) is 3.33. The first-order valence-electron chi connectivity index (χ1n) is 3.33. The summed E-state index contributed by atoms with van der Waals surface area (Å²) in [5.74, 6) is 0. The smallest absolute Gasteiger partial charge is 0.135 e. The predicted octanol–water partition coefficient (Wildman–Crippen LogP) is -1.15. The van der Waals surface area contributed by atoms with Crippen molar-refractivity contribution >= 4 is 0 Å². The summed E-state index contributed by atoms with van der Waals surface area (Å²) in [6.07, 6.45) is 5.95. The average molecular weight is 141 g/mol. The Morgan fingerprint density at radius 3 is 3.20 bits per heavy atom. The molecule has 1 aliphatic rings. The minimum absolute atomic E-state index is 0.622. The molecular weight excluding hydrogens is 128 g/mol. The molecule has 1 aliphatic heterocycles. The molecule has 1 atom stereocenters. The number of hydroxylamine groups is 2. The third-order valence-corrected chi connectivity index (χ3v) is 1.54. The van der Waals surface area contributed by atoms with E-state index in [4.69, 9.17) is 10.6 Å². The lowest BCUT2D eigenvalue weighted by Crippen LogP contribution is -3.06. The van der Waals surface area contributed by atoms with Crippen LogP contribution in [0.2, 0.25) is 0 Å². The Labute approximate surface area is 60.7 Å². The van der Waals surface area contributed by atoms with E-state index in [0.717, 1.165) is 11.6 Å². The van der Waals surface area contributed by atoms with Gasteiger partial charge in [-0.1, -0.05) is 6.08 Å². The molecule has 0 aromatic carbocycles. The number of quaternary nitrogens is 1. The van der Waals surface area contributed by atoms with Gasteiger partial charge in [0, 0.05) is 12.1 Å². The van der Waals surface area contributed by atoms with E-state index >= 15 is 0 Å². The highest BCUT2D eigenvalue weighted by atomic mass is 16.7. The van der Waals surface area contributed by atoms with Gasteiger partial charge in [0.1, 0.15) is 12.7 Å². The van der Waals surface area contributed by atoms with Gasteiger partial charge in [0.15, 0.2) is 0 Å². The van der Waals surface area contributed by atoms with Crippen molar-refractivity contribution in [3.05, 3.63) is 23.9 Å². The van der Waals surface area contributed by atoms with Crippen molar-refractivity contribution in [2.24, 2.45) is 5.73 Å². The molecule has 56 valence electrons. The van der Waals surface area contributed by atoms with Crippen LogP contribution >= 0.6 is 0 Å². The molecule has 0 aliphatic carbocycles. The topological polar surface area (TPSA) is 39.7 Å². The standard InChI is InChI=1S/C7H12N2O/c1-10-9-4-2-3-7(5-8)6-9/h2-4H,5-6,8H2,1H3/p+1. The van der Waals surface area contributed by atoms with E-state index in [0.29, 0.717) is 6.54 Å². The van der Waals surface area contributed by atoms with Crippen molar-refractivity contribution in [1.29, 1.82) is 0 Å². The van der Waals surface area contributed by atoms with E-state index in [1.807, 2.05) is 18.4 Å². The Bertz CT molecular complexity index is 163. The highest BCUT2D eigenvalue weighted by Gasteiger charge is 2.09. The second kappa shape index (κ2) is 3.51. The van der Waals surface area contributed by atoms with Gasteiger partial charge in [-0.05, 0) is 6.08 Å². The second-order valence-corrected chi connectivity index (χ2v) is 2.24. The molecule has 0 bridgehead atoms. The minimum atomic E-state index is 0.622. The monoisotopic (exact) mass is 141 g/mol. The molecule has 1 unspecified atom stereocenters. The maximum Gasteiger partial charge on any atom is 0.135 e.